The average Bonchev–Trinajstić information content (AvgIpc) is 2.29. The molecule has 1 amide bonds. The maximum Gasteiger partial charge on any atom is 0.251 e. The van der Waals surface area contributed by atoms with Crippen molar-refractivity contribution in [3.8, 4) is 0 Å². The number of carbonyl (C=O) groups is 1. The van der Waals surface area contributed by atoms with Crippen LogP contribution in [0.3, 0.4) is 0 Å². The summed E-state index contributed by atoms with van der Waals surface area (Å²) in [6, 6.07) is 7.44. The molecule has 0 fully saturated rings. The maximum atomic E-state index is 12.0. The van der Waals surface area contributed by atoms with Crippen LogP contribution in [-0.4, -0.2) is 11.4 Å². The van der Waals surface area contributed by atoms with Crippen LogP contribution in [0.15, 0.2) is 28.7 Å². The third-order valence-electron chi connectivity index (χ3n) is 3.06. The van der Waals surface area contributed by atoms with Gasteiger partial charge in [0.2, 0.25) is 0 Å². The smallest absolute Gasteiger partial charge is 0.251 e. The molecule has 0 aliphatic rings. The molecular formula is C13H18BrNO. The molecule has 0 aromatic heterocycles. The molecule has 0 bridgehead atoms. The van der Waals surface area contributed by atoms with Gasteiger partial charge < -0.3 is 5.32 Å². The molecule has 0 unspecified atom stereocenters. The summed E-state index contributed by atoms with van der Waals surface area (Å²) in [5, 5.41) is 3.08. The summed E-state index contributed by atoms with van der Waals surface area (Å²) >= 11 is 3.36. The number of halogens is 1. The predicted octanol–water partition coefficient (Wildman–Crippen LogP) is 3.76. The highest BCUT2D eigenvalue weighted by molar-refractivity contribution is 9.10. The number of benzene rings is 1. The van der Waals surface area contributed by atoms with Gasteiger partial charge in [0, 0.05) is 15.6 Å². The molecule has 0 aliphatic carbocycles. The summed E-state index contributed by atoms with van der Waals surface area (Å²) in [6.45, 7) is 6.25. The van der Waals surface area contributed by atoms with Crippen LogP contribution in [-0.2, 0) is 0 Å². The predicted molar refractivity (Wildman–Crippen MR) is 70.6 cm³/mol. The molecule has 0 heterocycles. The van der Waals surface area contributed by atoms with Gasteiger partial charge >= 0.3 is 0 Å². The third-order valence-corrected chi connectivity index (χ3v) is 3.56. The van der Waals surface area contributed by atoms with Gasteiger partial charge in [-0.15, -0.1) is 0 Å². The van der Waals surface area contributed by atoms with E-state index >= 15 is 0 Å². The molecule has 1 aromatic carbocycles. The first-order chi connectivity index (χ1) is 7.50. The molecule has 88 valence electrons. The van der Waals surface area contributed by atoms with Crippen LogP contribution in [0.5, 0.6) is 0 Å². The van der Waals surface area contributed by atoms with Crippen LogP contribution in [0, 0.1) is 0 Å². The Morgan fingerprint density at radius 3 is 2.50 bits per heavy atom. The van der Waals surface area contributed by atoms with Crippen molar-refractivity contribution in [3.05, 3.63) is 34.3 Å². The van der Waals surface area contributed by atoms with E-state index in [0.29, 0.717) is 5.56 Å². The zero-order valence-corrected chi connectivity index (χ0v) is 11.6. The Morgan fingerprint density at radius 1 is 1.38 bits per heavy atom. The molecule has 0 aliphatic heterocycles. The van der Waals surface area contributed by atoms with E-state index in [4.69, 9.17) is 0 Å². The molecular weight excluding hydrogens is 266 g/mol. The molecule has 1 N–H and O–H groups in total. The standard InChI is InChI=1S/C13H18BrNO/c1-4-13(3,5-2)15-12(16)10-7-6-8-11(14)9-10/h6-9H,4-5H2,1-3H3,(H,15,16). The van der Waals surface area contributed by atoms with Crippen LogP contribution in [0.25, 0.3) is 0 Å². The van der Waals surface area contributed by atoms with Gasteiger partial charge in [0.15, 0.2) is 0 Å². The van der Waals surface area contributed by atoms with Gasteiger partial charge in [-0.05, 0) is 38.0 Å². The van der Waals surface area contributed by atoms with Crippen LogP contribution >= 0.6 is 15.9 Å². The Bertz CT molecular complexity index is 372. The zero-order valence-electron chi connectivity index (χ0n) is 10.0. The van der Waals surface area contributed by atoms with Crippen molar-refractivity contribution < 1.29 is 4.79 Å². The molecule has 0 radical (unpaired) electrons. The maximum absolute atomic E-state index is 12.0. The van der Waals surface area contributed by atoms with E-state index in [2.05, 4.69) is 42.0 Å². The fourth-order valence-corrected chi connectivity index (χ4v) is 1.80. The topological polar surface area (TPSA) is 29.1 Å². The first kappa shape index (κ1) is 13.2. The number of hydrogen-bond donors (Lipinski definition) is 1. The average molecular weight is 284 g/mol. The fourth-order valence-electron chi connectivity index (χ4n) is 1.40. The van der Waals surface area contributed by atoms with Crippen LogP contribution in [0.4, 0.5) is 0 Å². The summed E-state index contributed by atoms with van der Waals surface area (Å²) in [4.78, 5) is 12.0. The van der Waals surface area contributed by atoms with Crippen molar-refractivity contribution >= 4 is 21.8 Å². The number of hydrogen-bond acceptors (Lipinski definition) is 1. The minimum absolute atomic E-state index is 0.00694. The summed E-state index contributed by atoms with van der Waals surface area (Å²) < 4.78 is 0.926. The molecule has 1 rings (SSSR count). The third kappa shape index (κ3) is 3.34. The molecule has 0 atom stereocenters. The van der Waals surface area contributed by atoms with Gasteiger partial charge in [0.1, 0.15) is 0 Å². The molecule has 0 saturated carbocycles. The van der Waals surface area contributed by atoms with Crippen molar-refractivity contribution in [1.82, 2.24) is 5.32 Å². The van der Waals surface area contributed by atoms with Crippen molar-refractivity contribution in [1.29, 1.82) is 0 Å². The molecule has 16 heavy (non-hydrogen) atoms. The van der Waals surface area contributed by atoms with Crippen molar-refractivity contribution in [2.75, 3.05) is 0 Å². The lowest BCUT2D eigenvalue weighted by Gasteiger charge is -2.28. The molecule has 0 saturated heterocycles. The minimum atomic E-state index is -0.112. The summed E-state index contributed by atoms with van der Waals surface area (Å²) in [5.74, 6) is -0.00694. The van der Waals surface area contributed by atoms with E-state index in [0.717, 1.165) is 17.3 Å². The molecule has 3 heteroatoms. The summed E-state index contributed by atoms with van der Waals surface area (Å²) in [5.41, 5.74) is 0.585. The highest BCUT2D eigenvalue weighted by Crippen LogP contribution is 2.16. The number of rotatable bonds is 4. The van der Waals surface area contributed by atoms with E-state index in [1.165, 1.54) is 0 Å². The second kappa shape index (κ2) is 5.48. The SMILES string of the molecule is CCC(C)(CC)NC(=O)c1cccc(Br)c1. The Balaban J connectivity index is 2.80. The van der Waals surface area contributed by atoms with Gasteiger partial charge in [-0.25, -0.2) is 0 Å². The van der Waals surface area contributed by atoms with Crippen LogP contribution in [0.1, 0.15) is 44.0 Å². The van der Waals surface area contributed by atoms with E-state index in [1.54, 1.807) is 0 Å². The second-order valence-electron chi connectivity index (χ2n) is 4.23. The van der Waals surface area contributed by atoms with Crippen LogP contribution < -0.4 is 5.32 Å². The van der Waals surface area contributed by atoms with Crippen LogP contribution in [0.2, 0.25) is 0 Å². The number of nitrogens with one attached hydrogen (secondary N) is 1. The lowest BCUT2D eigenvalue weighted by Crippen LogP contribution is -2.44. The Labute approximate surface area is 106 Å². The van der Waals surface area contributed by atoms with Gasteiger partial charge in [0.25, 0.3) is 5.91 Å². The summed E-state index contributed by atoms with van der Waals surface area (Å²) in [7, 11) is 0. The largest absolute Gasteiger partial charge is 0.347 e. The lowest BCUT2D eigenvalue weighted by atomic mass is 9.95. The van der Waals surface area contributed by atoms with Gasteiger partial charge in [-0.2, -0.15) is 0 Å². The Hall–Kier alpha value is -0.830. The van der Waals surface area contributed by atoms with E-state index < -0.39 is 0 Å². The zero-order chi connectivity index (χ0) is 12.2. The van der Waals surface area contributed by atoms with Gasteiger partial charge in [-0.3, -0.25) is 4.79 Å². The molecule has 0 spiro atoms. The van der Waals surface area contributed by atoms with Crippen molar-refractivity contribution in [2.45, 2.75) is 39.2 Å². The quantitative estimate of drug-likeness (QED) is 0.896. The highest BCUT2D eigenvalue weighted by atomic mass is 79.9. The van der Waals surface area contributed by atoms with E-state index in [1.807, 2.05) is 24.3 Å². The first-order valence-electron chi connectivity index (χ1n) is 5.59. The highest BCUT2D eigenvalue weighted by Gasteiger charge is 2.22. The summed E-state index contributed by atoms with van der Waals surface area (Å²) in [6.07, 6.45) is 1.87. The molecule has 2 nitrogen and oxygen atoms in total. The normalized spacial score (nSPS) is 11.2. The Kier molecular flexibility index (Phi) is 4.54. The molecule has 1 aromatic rings. The number of amides is 1. The first-order valence-corrected chi connectivity index (χ1v) is 6.38. The Morgan fingerprint density at radius 2 is 2.00 bits per heavy atom. The van der Waals surface area contributed by atoms with Crippen molar-refractivity contribution in [3.63, 3.8) is 0 Å². The number of carbonyl (C=O) groups excluding carboxylic acids is 1. The van der Waals surface area contributed by atoms with E-state index in [-0.39, 0.29) is 11.4 Å². The van der Waals surface area contributed by atoms with Gasteiger partial charge in [-0.1, -0.05) is 35.8 Å². The van der Waals surface area contributed by atoms with Gasteiger partial charge in [0.05, 0.1) is 0 Å². The fraction of sp³-hybridized carbons (Fsp3) is 0.462. The minimum Gasteiger partial charge on any atom is -0.347 e. The van der Waals surface area contributed by atoms with E-state index in [9.17, 15) is 4.79 Å². The monoisotopic (exact) mass is 283 g/mol. The van der Waals surface area contributed by atoms with Crippen molar-refractivity contribution in [2.24, 2.45) is 0 Å². The lowest BCUT2D eigenvalue weighted by molar-refractivity contribution is 0.0901. The second-order valence-corrected chi connectivity index (χ2v) is 5.15.